The zero-order valence-corrected chi connectivity index (χ0v) is 12.0. The summed E-state index contributed by atoms with van der Waals surface area (Å²) in [6.07, 6.45) is 1.44. The maximum Gasteiger partial charge on any atom is 0.129 e. The largest absolute Gasteiger partial charge is 0.496 e. The van der Waals surface area contributed by atoms with Crippen LogP contribution in [0, 0.1) is 13.8 Å². The maximum atomic E-state index is 11.1. The van der Waals surface area contributed by atoms with Crippen LogP contribution in [0.4, 0.5) is 0 Å². The minimum absolute atomic E-state index is 0.221. The van der Waals surface area contributed by atoms with Gasteiger partial charge >= 0.3 is 0 Å². The normalized spacial score (nSPS) is 12.3. The highest BCUT2D eigenvalue weighted by atomic mass is 16.5. The summed E-state index contributed by atoms with van der Waals surface area (Å²) in [4.78, 5) is 11.1. The first-order chi connectivity index (χ1) is 8.51. The molecular formula is C15H23NO2. The number of carbonyl (C=O) groups is 1. The van der Waals surface area contributed by atoms with E-state index in [1.54, 1.807) is 14.0 Å². The molecule has 0 aromatic heterocycles. The van der Waals surface area contributed by atoms with Crippen molar-refractivity contribution in [2.24, 2.45) is 0 Å². The van der Waals surface area contributed by atoms with E-state index < -0.39 is 0 Å². The predicted octanol–water partition coefficient (Wildman–Crippen LogP) is 2.94. The van der Waals surface area contributed by atoms with E-state index in [-0.39, 0.29) is 11.8 Å². The number of ether oxygens (including phenoxy) is 1. The molecule has 1 N–H and O–H groups in total. The highest BCUT2D eigenvalue weighted by molar-refractivity contribution is 5.75. The van der Waals surface area contributed by atoms with Crippen LogP contribution in [0.15, 0.2) is 12.1 Å². The van der Waals surface area contributed by atoms with Gasteiger partial charge in [0.2, 0.25) is 0 Å². The Labute approximate surface area is 110 Å². The van der Waals surface area contributed by atoms with Gasteiger partial charge in [-0.1, -0.05) is 6.07 Å². The highest BCUT2D eigenvalue weighted by Crippen LogP contribution is 2.29. The summed E-state index contributed by atoms with van der Waals surface area (Å²) in [6.45, 7) is 5.81. The van der Waals surface area contributed by atoms with Crippen molar-refractivity contribution in [3.05, 3.63) is 28.8 Å². The second-order valence-corrected chi connectivity index (χ2v) is 4.69. The molecule has 18 heavy (non-hydrogen) atoms. The number of ketones is 1. The molecule has 100 valence electrons. The number of carbonyl (C=O) groups excluding carboxylic acids is 1. The average Bonchev–Trinajstić information content (AvgIpc) is 2.34. The fourth-order valence-corrected chi connectivity index (χ4v) is 2.22. The van der Waals surface area contributed by atoms with Gasteiger partial charge < -0.3 is 14.8 Å². The highest BCUT2D eigenvalue weighted by Gasteiger charge is 2.15. The van der Waals surface area contributed by atoms with Gasteiger partial charge in [-0.3, -0.25) is 0 Å². The van der Waals surface area contributed by atoms with Gasteiger partial charge in [-0.2, -0.15) is 0 Å². The lowest BCUT2D eigenvalue weighted by Gasteiger charge is -2.20. The molecule has 1 unspecified atom stereocenters. The smallest absolute Gasteiger partial charge is 0.129 e. The third kappa shape index (κ3) is 3.33. The van der Waals surface area contributed by atoms with Crippen molar-refractivity contribution < 1.29 is 9.53 Å². The van der Waals surface area contributed by atoms with Gasteiger partial charge in [0.15, 0.2) is 0 Å². The van der Waals surface area contributed by atoms with Crippen LogP contribution in [0.5, 0.6) is 5.75 Å². The molecule has 0 saturated heterocycles. The number of hydrogen-bond donors (Lipinski definition) is 1. The topological polar surface area (TPSA) is 38.3 Å². The summed E-state index contributed by atoms with van der Waals surface area (Å²) in [5, 5.41) is 3.29. The van der Waals surface area contributed by atoms with Crippen molar-refractivity contribution in [1.29, 1.82) is 0 Å². The summed E-state index contributed by atoms with van der Waals surface area (Å²) in [6, 6.07) is 4.30. The van der Waals surface area contributed by atoms with E-state index in [4.69, 9.17) is 4.74 Å². The zero-order valence-electron chi connectivity index (χ0n) is 12.0. The van der Waals surface area contributed by atoms with Crippen LogP contribution in [-0.4, -0.2) is 19.9 Å². The molecule has 3 heteroatoms. The molecular weight excluding hydrogens is 226 g/mol. The first kappa shape index (κ1) is 14.7. The summed E-state index contributed by atoms with van der Waals surface area (Å²) in [5.74, 6) is 1.15. The number of rotatable bonds is 6. The van der Waals surface area contributed by atoms with Crippen molar-refractivity contribution in [3.63, 3.8) is 0 Å². The minimum Gasteiger partial charge on any atom is -0.496 e. The number of benzene rings is 1. The fourth-order valence-electron chi connectivity index (χ4n) is 2.22. The van der Waals surface area contributed by atoms with Crippen molar-refractivity contribution in [2.45, 2.75) is 39.7 Å². The Hall–Kier alpha value is -1.35. The first-order valence-electron chi connectivity index (χ1n) is 6.32. The standard InChI is InChI=1S/C15H23NO2/c1-10(17)6-8-14(16-4)13-7-9-15(18-5)12(3)11(13)2/h7,9,14,16H,6,8H2,1-5H3. The van der Waals surface area contributed by atoms with Crippen LogP contribution < -0.4 is 10.1 Å². The number of nitrogens with one attached hydrogen (secondary N) is 1. The molecule has 0 spiro atoms. The number of hydrogen-bond acceptors (Lipinski definition) is 3. The predicted molar refractivity (Wildman–Crippen MR) is 74.2 cm³/mol. The Morgan fingerprint density at radius 2 is 2.00 bits per heavy atom. The molecule has 0 heterocycles. The lowest BCUT2D eigenvalue weighted by molar-refractivity contribution is -0.117. The van der Waals surface area contributed by atoms with Crippen LogP contribution in [0.1, 0.15) is 42.5 Å². The van der Waals surface area contributed by atoms with E-state index in [9.17, 15) is 4.79 Å². The molecule has 0 aliphatic carbocycles. The molecule has 0 fully saturated rings. The Morgan fingerprint density at radius 1 is 1.33 bits per heavy atom. The van der Waals surface area contributed by atoms with E-state index in [1.807, 2.05) is 13.1 Å². The van der Waals surface area contributed by atoms with Gasteiger partial charge in [0.05, 0.1) is 7.11 Å². The first-order valence-corrected chi connectivity index (χ1v) is 6.32. The van der Waals surface area contributed by atoms with Gasteiger partial charge in [-0.25, -0.2) is 0 Å². The molecule has 1 aromatic carbocycles. The van der Waals surface area contributed by atoms with Crippen LogP contribution in [0.2, 0.25) is 0 Å². The molecule has 0 bridgehead atoms. The Bertz CT molecular complexity index is 427. The van der Waals surface area contributed by atoms with E-state index >= 15 is 0 Å². The third-order valence-electron chi connectivity index (χ3n) is 3.51. The lowest BCUT2D eigenvalue weighted by Crippen LogP contribution is -2.18. The van der Waals surface area contributed by atoms with E-state index in [0.29, 0.717) is 6.42 Å². The van der Waals surface area contributed by atoms with E-state index in [0.717, 1.165) is 17.7 Å². The fraction of sp³-hybridized carbons (Fsp3) is 0.533. The van der Waals surface area contributed by atoms with Crippen LogP contribution in [0.3, 0.4) is 0 Å². The summed E-state index contributed by atoms with van der Waals surface area (Å²) < 4.78 is 5.32. The summed E-state index contributed by atoms with van der Waals surface area (Å²) >= 11 is 0. The molecule has 0 aliphatic heterocycles. The summed E-state index contributed by atoms with van der Waals surface area (Å²) in [7, 11) is 3.62. The molecule has 1 aromatic rings. The quantitative estimate of drug-likeness (QED) is 0.842. The molecule has 3 nitrogen and oxygen atoms in total. The van der Waals surface area contributed by atoms with Crippen molar-refractivity contribution >= 4 is 5.78 Å². The van der Waals surface area contributed by atoms with Gasteiger partial charge in [0, 0.05) is 12.5 Å². The van der Waals surface area contributed by atoms with Gasteiger partial charge in [0.1, 0.15) is 11.5 Å². The molecule has 0 amide bonds. The number of Topliss-reactive ketones (excluding diaryl/α,β-unsaturated/α-hetero) is 1. The van der Waals surface area contributed by atoms with Crippen LogP contribution in [0.25, 0.3) is 0 Å². The minimum atomic E-state index is 0.221. The van der Waals surface area contributed by atoms with Crippen molar-refractivity contribution in [3.8, 4) is 5.75 Å². The van der Waals surface area contributed by atoms with E-state index in [2.05, 4.69) is 25.2 Å². The second-order valence-electron chi connectivity index (χ2n) is 4.69. The van der Waals surface area contributed by atoms with Gasteiger partial charge in [-0.15, -0.1) is 0 Å². The summed E-state index contributed by atoms with van der Waals surface area (Å²) in [5.41, 5.74) is 3.65. The SMILES string of the molecule is CNC(CCC(C)=O)c1ccc(OC)c(C)c1C. The van der Waals surface area contributed by atoms with E-state index in [1.165, 1.54) is 11.1 Å². The third-order valence-corrected chi connectivity index (χ3v) is 3.51. The maximum absolute atomic E-state index is 11.1. The molecule has 0 aliphatic rings. The lowest BCUT2D eigenvalue weighted by atomic mass is 9.93. The van der Waals surface area contributed by atoms with Gasteiger partial charge in [-0.05, 0) is 57.0 Å². The molecule has 1 rings (SSSR count). The van der Waals surface area contributed by atoms with Crippen LogP contribution >= 0.6 is 0 Å². The Balaban J connectivity index is 2.99. The average molecular weight is 249 g/mol. The Kier molecular flexibility index (Phi) is 5.35. The molecule has 0 radical (unpaired) electrons. The monoisotopic (exact) mass is 249 g/mol. The van der Waals surface area contributed by atoms with Gasteiger partial charge in [0.25, 0.3) is 0 Å². The Morgan fingerprint density at radius 3 is 2.50 bits per heavy atom. The molecule has 0 saturated carbocycles. The molecule has 1 atom stereocenters. The van der Waals surface area contributed by atoms with Crippen molar-refractivity contribution in [2.75, 3.05) is 14.2 Å². The zero-order chi connectivity index (χ0) is 13.7. The second kappa shape index (κ2) is 6.55. The van der Waals surface area contributed by atoms with Crippen LogP contribution in [-0.2, 0) is 4.79 Å². The van der Waals surface area contributed by atoms with Crippen molar-refractivity contribution in [1.82, 2.24) is 5.32 Å². The number of methoxy groups -OCH3 is 1.